The van der Waals surface area contributed by atoms with Crippen LogP contribution in [0.4, 0.5) is 0 Å². The number of ether oxygens (including phenoxy) is 1. The highest BCUT2D eigenvalue weighted by molar-refractivity contribution is 5.99. The van der Waals surface area contributed by atoms with Gasteiger partial charge in [-0.2, -0.15) is 0 Å². The summed E-state index contributed by atoms with van der Waals surface area (Å²) >= 11 is 0. The predicted molar refractivity (Wildman–Crippen MR) is 102 cm³/mol. The molecule has 9 nitrogen and oxygen atoms in total. The smallest absolute Gasteiger partial charge is 0.374 e. The van der Waals surface area contributed by atoms with E-state index in [1.54, 1.807) is 37.3 Å². The molecule has 0 aliphatic carbocycles. The number of carbonyl (C=O) groups is 1. The second kappa shape index (κ2) is 7.47. The van der Waals surface area contributed by atoms with Crippen LogP contribution in [0.25, 0.3) is 16.7 Å². The second-order valence-corrected chi connectivity index (χ2v) is 5.94. The summed E-state index contributed by atoms with van der Waals surface area (Å²) in [7, 11) is 2.81. The molecule has 1 N–H and O–H groups in total. The maximum Gasteiger partial charge on any atom is 0.374 e. The van der Waals surface area contributed by atoms with Crippen LogP contribution < -0.4 is 11.2 Å². The van der Waals surface area contributed by atoms with E-state index in [4.69, 9.17) is 4.74 Å². The van der Waals surface area contributed by atoms with Crippen molar-refractivity contribution in [1.82, 2.24) is 19.1 Å². The highest BCUT2D eigenvalue weighted by Crippen LogP contribution is 2.25. The molecule has 0 fully saturated rings. The van der Waals surface area contributed by atoms with Gasteiger partial charge < -0.3 is 9.84 Å². The van der Waals surface area contributed by atoms with Crippen LogP contribution in [-0.2, 0) is 23.6 Å². The fraction of sp³-hybridized carbons (Fsp3) is 0.211. The predicted octanol–water partition coefficient (Wildman–Crippen LogP) is 0.908. The summed E-state index contributed by atoms with van der Waals surface area (Å²) in [6.45, 7) is 1.70. The summed E-state index contributed by atoms with van der Waals surface area (Å²) in [6, 6.07) is 8.58. The molecule has 0 radical (unpaired) electrons. The Hall–Kier alpha value is -3.75. The molecule has 0 amide bonds. The molecule has 1 aromatic carbocycles. The molecule has 9 heteroatoms. The maximum atomic E-state index is 12.5. The van der Waals surface area contributed by atoms with Crippen molar-refractivity contribution in [2.45, 2.75) is 6.92 Å². The Balaban J connectivity index is 2.34. The lowest BCUT2D eigenvalue weighted by molar-refractivity contribution is -0.141. The average molecular weight is 382 g/mol. The average Bonchev–Trinajstić information content (AvgIpc) is 2.71. The van der Waals surface area contributed by atoms with E-state index < -0.39 is 23.0 Å². The molecule has 0 aliphatic rings. The summed E-state index contributed by atoms with van der Waals surface area (Å²) in [5, 5.41) is 10.5. The molecular formula is C19H18N4O5. The monoisotopic (exact) mass is 382 g/mol. The van der Waals surface area contributed by atoms with Gasteiger partial charge in [0.2, 0.25) is 5.76 Å². The fourth-order valence-electron chi connectivity index (χ4n) is 2.77. The molecule has 144 valence electrons. The van der Waals surface area contributed by atoms with Crippen molar-refractivity contribution in [3.8, 4) is 0 Å². The first-order valence-electron chi connectivity index (χ1n) is 8.45. The highest BCUT2D eigenvalue weighted by Gasteiger charge is 2.22. The normalized spacial score (nSPS) is 12.0. The standard InChI is InChI=1S/C19H18N4O5/c1-4-28-18(26)15(24)13(11-8-6-5-7-9-11)12-10-20-16-14(21-12)17(25)23(3)19(27)22(16)2/h5-10,24H,4H2,1-3H3/b15-13-. The van der Waals surface area contributed by atoms with Crippen LogP contribution in [0.15, 0.2) is 51.9 Å². The maximum absolute atomic E-state index is 12.5. The Morgan fingerprint density at radius 1 is 1.14 bits per heavy atom. The quantitative estimate of drug-likeness (QED) is 0.405. The minimum absolute atomic E-state index is 0.0628. The molecule has 0 spiro atoms. The van der Waals surface area contributed by atoms with Crippen LogP contribution in [0, 0.1) is 0 Å². The molecule has 0 aliphatic heterocycles. The van der Waals surface area contributed by atoms with Crippen molar-refractivity contribution >= 4 is 22.7 Å². The van der Waals surface area contributed by atoms with E-state index in [1.807, 2.05) is 0 Å². The Bertz CT molecular complexity index is 1210. The molecular weight excluding hydrogens is 364 g/mol. The zero-order valence-electron chi connectivity index (χ0n) is 15.5. The van der Waals surface area contributed by atoms with Crippen LogP contribution in [0.1, 0.15) is 18.2 Å². The number of esters is 1. The lowest BCUT2D eigenvalue weighted by Crippen LogP contribution is -2.37. The SMILES string of the molecule is CCOC(=O)/C(O)=C(\c1ccccc1)c1cnc2c(n1)c(=O)n(C)c(=O)n2C. The zero-order valence-corrected chi connectivity index (χ0v) is 15.5. The van der Waals surface area contributed by atoms with E-state index in [0.717, 1.165) is 4.57 Å². The first-order valence-corrected chi connectivity index (χ1v) is 8.45. The number of aryl methyl sites for hydroxylation is 1. The summed E-state index contributed by atoms with van der Waals surface area (Å²) in [4.78, 5) is 45.1. The molecule has 0 saturated heterocycles. The number of benzene rings is 1. The van der Waals surface area contributed by atoms with Crippen molar-refractivity contribution < 1.29 is 14.6 Å². The molecule has 0 bridgehead atoms. The summed E-state index contributed by atoms with van der Waals surface area (Å²) < 4.78 is 7.00. The summed E-state index contributed by atoms with van der Waals surface area (Å²) in [6.07, 6.45) is 1.29. The van der Waals surface area contributed by atoms with Crippen molar-refractivity contribution in [2.24, 2.45) is 14.1 Å². The summed E-state index contributed by atoms with van der Waals surface area (Å²) in [5.41, 5.74) is -0.469. The van der Waals surface area contributed by atoms with E-state index in [9.17, 15) is 19.5 Å². The number of aliphatic hydroxyl groups excluding tert-OH is 1. The largest absolute Gasteiger partial charge is 0.501 e. The van der Waals surface area contributed by atoms with Crippen LogP contribution >= 0.6 is 0 Å². The lowest BCUT2D eigenvalue weighted by Gasteiger charge is -2.12. The minimum Gasteiger partial charge on any atom is -0.501 e. The van der Waals surface area contributed by atoms with Crippen molar-refractivity contribution in [1.29, 1.82) is 0 Å². The number of rotatable bonds is 4. The molecule has 0 saturated carbocycles. The first kappa shape index (κ1) is 19.0. The summed E-state index contributed by atoms with van der Waals surface area (Å²) in [5.74, 6) is -1.57. The van der Waals surface area contributed by atoms with Gasteiger partial charge in [-0.05, 0) is 12.5 Å². The van der Waals surface area contributed by atoms with Crippen molar-refractivity contribution in [3.63, 3.8) is 0 Å². The number of aromatic nitrogens is 4. The molecule has 0 unspecified atom stereocenters. The van der Waals surface area contributed by atoms with Gasteiger partial charge in [-0.1, -0.05) is 30.3 Å². The Morgan fingerprint density at radius 2 is 1.82 bits per heavy atom. The number of carbonyl (C=O) groups excluding carboxylic acids is 1. The van der Waals surface area contributed by atoms with Gasteiger partial charge in [0.15, 0.2) is 11.2 Å². The first-order chi connectivity index (χ1) is 13.4. The van der Waals surface area contributed by atoms with Gasteiger partial charge in [-0.25, -0.2) is 19.6 Å². The van der Waals surface area contributed by atoms with Gasteiger partial charge >= 0.3 is 11.7 Å². The second-order valence-electron chi connectivity index (χ2n) is 5.94. The third-order valence-electron chi connectivity index (χ3n) is 4.18. The van der Waals surface area contributed by atoms with Crippen molar-refractivity contribution in [3.05, 3.63) is 74.4 Å². The zero-order chi connectivity index (χ0) is 20.4. The Morgan fingerprint density at radius 3 is 2.46 bits per heavy atom. The number of hydrogen-bond donors (Lipinski definition) is 1. The van der Waals surface area contributed by atoms with Crippen LogP contribution in [0.5, 0.6) is 0 Å². The van der Waals surface area contributed by atoms with Gasteiger partial charge in [0, 0.05) is 14.1 Å². The third-order valence-corrected chi connectivity index (χ3v) is 4.18. The fourth-order valence-corrected chi connectivity index (χ4v) is 2.77. The topological polar surface area (TPSA) is 116 Å². The molecule has 2 aromatic heterocycles. The van der Waals surface area contributed by atoms with Gasteiger partial charge in [-0.3, -0.25) is 13.9 Å². The molecule has 3 aromatic rings. The van der Waals surface area contributed by atoms with Gasteiger partial charge in [0.05, 0.1) is 24.1 Å². The third kappa shape index (κ3) is 3.18. The van der Waals surface area contributed by atoms with E-state index in [0.29, 0.717) is 5.56 Å². The molecule has 3 rings (SSSR count). The number of nitrogens with zero attached hydrogens (tertiary/aromatic N) is 4. The lowest BCUT2D eigenvalue weighted by atomic mass is 10.0. The number of hydrogen-bond acceptors (Lipinski definition) is 7. The van der Waals surface area contributed by atoms with Gasteiger partial charge in [-0.15, -0.1) is 0 Å². The van der Waals surface area contributed by atoms with Gasteiger partial charge in [0.1, 0.15) is 0 Å². The molecule has 2 heterocycles. The minimum atomic E-state index is -0.920. The number of fused-ring (bicyclic) bond motifs is 1. The van der Waals surface area contributed by atoms with Crippen molar-refractivity contribution in [2.75, 3.05) is 6.61 Å². The molecule has 28 heavy (non-hydrogen) atoms. The van der Waals surface area contributed by atoms with E-state index >= 15 is 0 Å². The van der Waals surface area contributed by atoms with E-state index in [1.165, 1.54) is 24.9 Å². The van der Waals surface area contributed by atoms with E-state index in [2.05, 4.69) is 9.97 Å². The Kier molecular flexibility index (Phi) is 5.08. The molecule has 0 atom stereocenters. The van der Waals surface area contributed by atoms with Crippen LogP contribution in [0.2, 0.25) is 0 Å². The highest BCUT2D eigenvalue weighted by atomic mass is 16.5. The number of aliphatic hydroxyl groups is 1. The van der Waals surface area contributed by atoms with Gasteiger partial charge in [0.25, 0.3) is 5.56 Å². The van der Waals surface area contributed by atoms with Crippen LogP contribution in [0.3, 0.4) is 0 Å². The Labute approximate surface area is 159 Å². The van der Waals surface area contributed by atoms with Crippen LogP contribution in [-0.4, -0.2) is 36.8 Å². The van der Waals surface area contributed by atoms with E-state index in [-0.39, 0.29) is 29.0 Å².